The van der Waals surface area contributed by atoms with Crippen molar-refractivity contribution >= 4 is 72.3 Å². The second-order valence-electron chi connectivity index (χ2n) is 4.14. The minimum atomic E-state index is -0.240. The predicted octanol–water partition coefficient (Wildman–Crippen LogP) is 4.75. The third kappa shape index (κ3) is 4.03. The van der Waals surface area contributed by atoms with Gasteiger partial charge in [0.15, 0.2) is 0 Å². The van der Waals surface area contributed by atoms with Crippen LogP contribution in [0.3, 0.4) is 0 Å². The summed E-state index contributed by atoms with van der Waals surface area (Å²) in [5, 5.41) is 3.36. The highest BCUT2D eigenvalue weighted by molar-refractivity contribution is 9.11. The van der Waals surface area contributed by atoms with E-state index in [9.17, 15) is 4.79 Å². The average Bonchev–Trinajstić information content (AvgIpc) is 2.43. The molecule has 2 aromatic carbocycles. The maximum atomic E-state index is 12.2. The van der Waals surface area contributed by atoms with Crippen molar-refractivity contribution in [3.05, 3.63) is 61.5 Å². The number of hydrogen-bond acceptors (Lipinski definition) is 2. The van der Waals surface area contributed by atoms with Crippen LogP contribution in [0.1, 0.15) is 15.9 Å². The fourth-order valence-corrected chi connectivity index (χ4v) is 2.70. The molecule has 0 saturated carbocycles. The zero-order valence-electron chi connectivity index (χ0n) is 10.5. The highest BCUT2D eigenvalue weighted by Crippen LogP contribution is 2.26. The number of halogens is 3. The van der Waals surface area contributed by atoms with E-state index in [1.807, 2.05) is 0 Å². The van der Waals surface area contributed by atoms with Gasteiger partial charge in [0.1, 0.15) is 4.99 Å². The summed E-state index contributed by atoms with van der Waals surface area (Å²) < 4.78 is 1.37. The molecule has 3 N–H and O–H groups in total. The van der Waals surface area contributed by atoms with Crippen molar-refractivity contribution in [3.8, 4) is 0 Å². The van der Waals surface area contributed by atoms with Gasteiger partial charge in [-0.25, -0.2) is 0 Å². The van der Waals surface area contributed by atoms with Crippen LogP contribution >= 0.6 is 55.7 Å². The lowest BCUT2D eigenvalue weighted by molar-refractivity contribution is 0.102. The second-order valence-corrected chi connectivity index (χ2v) is 6.70. The molecule has 0 saturated heterocycles. The third-order valence-electron chi connectivity index (χ3n) is 2.68. The number of benzene rings is 2. The highest BCUT2D eigenvalue weighted by atomic mass is 79.9. The molecule has 0 aliphatic heterocycles. The molecule has 2 rings (SSSR count). The van der Waals surface area contributed by atoms with Crippen molar-refractivity contribution in [2.75, 3.05) is 5.32 Å². The molecule has 108 valence electrons. The Hall–Kier alpha value is -0.950. The molecule has 0 unspecified atom stereocenters. The van der Waals surface area contributed by atoms with Crippen LogP contribution in [-0.4, -0.2) is 10.9 Å². The van der Waals surface area contributed by atoms with E-state index < -0.39 is 0 Å². The summed E-state index contributed by atoms with van der Waals surface area (Å²) in [6.45, 7) is 0. The minimum Gasteiger partial charge on any atom is -0.389 e. The van der Waals surface area contributed by atoms with Crippen molar-refractivity contribution in [3.63, 3.8) is 0 Å². The maximum Gasteiger partial charge on any atom is 0.255 e. The van der Waals surface area contributed by atoms with Crippen LogP contribution in [0.5, 0.6) is 0 Å². The molecule has 7 heteroatoms. The smallest absolute Gasteiger partial charge is 0.255 e. The summed E-state index contributed by atoms with van der Waals surface area (Å²) in [4.78, 5) is 12.5. The summed E-state index contributed by atoms with van der Waals surface area (Å²) in [5.74, 6) is -0.240. The Labute approximate surface area is 149 Å². The fraction of sp³-hybridized carbons (Fsp3) is 0. The lowest BCUT2D eigenvalue weighted by Crippen LogP contribution is -2.13. The van der Waals surface area contributed by atoms with E-state index in [-0.39, 0.29) is 5.91 Å². The molecule has 0 fully saturated rings. The number of hydrogen-bond donors (Lipinski definition) is 2. The Morgan fingerprint density at radius 2 is 1.71 bits per heavy atom. The van der Waals surface area contributed by atoms with E-state index in [0.29, 0.717) is 30.2 Å². The standard InChI is InChI=1S/C14H9Br2ClN2OS/c15-9-6-8(1-3-11(9)17)14(20)19-12-4-2-7(13(18)21)5-10(12)16/h1-6H,(H2,18,21)(H,19,20). The molecule has 0 aliphatic carbocycles. The summed E-state index contributed by atoms with van der Waals surface area (Å²) >= 11 is 17.5. The zero-order chi connectivity index (χ0) is 15.6. The molecule has 2 aromatic rings. The van der Waals surface area contributed by atoms with E-state index in [4.69, 9.17) is 29.6 Å². The number of carbonyl (C=O) groups is 1. The van der Waals surface area contributed by atoms with E-state index >= 15 is 0 Å². The normalized spacial score (nSPS) is 10.2. The lowest BCUT2D eigenvalue weighted by Gasteiger charge is -2.09. The van der Waals surface area contributed by atoms with Gasteiger partial charge in [-0.3, -0.25) is 4.79 Å². The molecule has 3 nitrogen and oxygen atoms in total. The van der Waals surface area contributed by atoms with Gasteiger partial charge in [-0.05, 0) is 68.3 Å². The zero-order valence-corrected chi connectivity index (χ0v) is 15.2. The van der Waals surface area contributed by atoms with Crippen molar-refractivity contribution in [2.45, 2.75) is 0 Å². The first kappa shape index (κ1) is 16.4. The van der Waals surface area contributed by atoms with Crippen LogP contribution in [0.4, 0.5) is 5.69 Å². The first-order chi connectivity index (χ1) is 9.88. The van der Waals surface area contributed by atoms with Gasteiger partial charge >= 0.3 is 0 Å². The molecule has 21 heavy (non-hydrogen) atoms. The molecule has 0 bridgehead atoms. The molecular formula is C14H9Br2ClN2OS. The van der Waals surface area contributed by atoms with Crippen LogP contribution < -0.4 is 11.1 Å². The molecular weight excluding hydrogens is 439 g/mol. The number of anilines is 1. The second kappa shape index (κ2) is 6.87. The maximum absolute atomic E-state index is 12.2. The van der Waals surface area contributed by atoms with Crippen LogP contribution in [0, 0.1) is 0 Å². The average molecular weight is 449 g/mol. The molecule has 0 spiro atoms. The molecule has 0 atom stereocenters. The Balaban J connectivity index is 2.23. The number of rotatable bonds is 3. The van der Waals surface area contributed by atoms with Crippen LogP contribution in [0.2, 0.25) is 5.02 Å². The largest absolute Gasteiger partial charge is 0.389 e. The summed E-state index contributed by atoms with van der Waals surface area (Å²) in [6.07, 6.45) is 0. The molecule has 0 heterocycles. The third-order valence-corrected chi connectivity index (χ3v) is 4.79. The van der Waals surface area contributed by atoms with E-state index in [1.54, 1.807) is 36.4 Å². The summed E-state index contributed by atoms with van der Waals surface area (Å²) in [5.41, 5.74) is 7.41. The SMILES string of the molecule is NC(=S)c1ccc(NC(=O)c2ccc(Cl)c(Br)c2)c(Br)c1. The molecule has 0 aliphatic rings. The monoisotopic (exact) mass is 446 g/mol. The van der Waals surface area contributed by atoms with Gasteiger partial charge in [-0.1, -0.05) is 23.8 Å². The summed E-state index contributed by atoms with van der Waals surface area (Å²) in [6, 6.07) is 10.2. The predicted molar refractivity (Wildman–Crippen MR) is 97.1 cm³/mol. The van der Waals surface area contributed by atoms with E-state index in [0.717, 1.165) is 5.56 Å². The van der Waals surface area contributed by atoms with Crippen molar-refractivity contribution in [1.29, 1.82) is 0 Å². The first-order valence-corrected chi connectivity index (χ1v) is 8.11. The van der Waals surface area contributed by atoms with Crippen LogP contribution in [0.15, 0.2) is 45.3 Å². The van der Waals surface area contributed by atoms with Crippen LogP contribution in [0.25, 0.3) is 0 Å². The summed E-state index contributed by atoms with van der Waals surface area (Å²) in [7, 11) is 0. The molecule has 1 amide bonds. The molecule has 0 radical (unpaired) electrons. The van der Waals surface area contributed by atoms with Gasteiger partial charge in [0.2, 0.25) is 0 Å². The highest BCUT2D eigenvalue weighted by Gasteiger charge is 2.11. The van der Waals surface area contributed by atoms with E-state index in [2.05, 4.69) is 37.2 Å². The van der Waals surface area contributed by atoms with Crippen LogP contribution in [-0.2, 0) is 0 Å². The van der Waals surface area contributed by atoms with E-state index in [1.165, 1.54) is 0 Å². The number of thiocarbonyl (C=S) groups is 1. The quantitative estimate of drug-likeness (QED) is 0.666. The topological polar surface area (TPSA) is 55.1 Å². The Morgan fingerprint density at radius 1 is 1.10 bits per heavy atom. The molecule has 0 aromatic heterocycles. The van der Waals surface area contributed by atoms with Gasteiger partial charge in [0, 0.05) is 20.1 Å². The Kier molecular flexibility index (Phi) is 5.37. The lowest BCUT2D eigenvalue weighted by atomic mass is 10.2. The first-order valence-electron chi connectivity index (χ1n) is 5.74. The van der Waals surface area contributed by atoms with Gasteiger partial charge in [0.05, 0.1) is 10.7 Å². The van der Waals surface area contributed by atoms with Gasteiger partial charge in [-0.2, -0.15) is 0 Å². The van der Waals surface area contributed by atoms with Crippen molar-refractivity contribution in [2.24, 2.45) is 5.73 Å². The van der Waals surface area contributed by atoms with Gasteiger partial charge < -0.3 is 11.1 Å². The van der Waals surface area contributed by atoms with Gasteiger partial charge in [0.25, 0.3) is 5.91 Å². The number of carbonyl (C=O) groups excluding carboxylic acids is 1. The van der Waals surface area contributed by atoms with Crippen molar-refractivity contribution < 1.29 is 4.79 Å². The minimum absolute atomic E-state index is 0.240. The number of amides is 1. The number of nitrogens with two attached hydrogens (primary N) is 1. The van der Waals surface area contributed by atoms with Gasteiger partial charge in [-0.15, -0.1) is 0 Å². The Morgan fingerprint density at radius 3 is 2.29 bits per heavy atom. The number of nitrogens with one attached hydrogen (secondary N) is 1. The van der Waals surface area contributed by atoms with Crippen molar-refractivity contribution in [1.82, 2.24) is 0 Å². The Bertz CT molecular complexity index is 737. The fourth-order valence-electron chi connectivity index (χ4n) is 1.60.